The molecule has 0 saturated carbocycles. The van der Waals surface area contributed by atoms with Gasteiger partial charge in [-0.1, -0.05) is 0 Å². The molecule has 2 unspecified atom stereocenters. The maximum absolute atomic E-state index is 5.78. The number of ether oxygens (including phenoxy) is 1. The van der Waals surface area contributed by atoms with Crippen molar-refractivity contribution < 1.29 is 4.74 Å². The second-order valence-corrected chi connectivity index (χ2v) is 7.04. The molecule has 1 aliphatic heterocycles. The van der Waals surface area contributed by atoms with E-state index in [-0.39, 0.29) is 0 Å². The summed E-state index contributed by atoms with van der Waals surface area (Å²) in [6, 6.07) is 4.80. The lowest BCUT2D eigenvalue weighted by atomic mass is 10.0. The number of hydrogen-bond donors (Lipinski definition) is 1. The quantitative estimate of drug-likeness (QED) is 0.882. The van der Waals surface area contributed by atoms with E-state index in [0.29, 0.717) is 12.1 Å². The van der Waals surface area contributed by atoms with E-state index in [4.69, 9.17) is 4.74 Å². The summed E-state index contributed by atoms with van der Waals surface area (Å²) in [7, 11) is 2.04. The molecule has 17 heavy (non-hydrogen) atoms. The zero-order valence-electron chi connectivity index (χ0n) is 10.2. The lowest BCUT2D eigenvalue weighted by Gasteiger charge is -2.24. The Bertz CT molecular complexity index is 336. The fourth-order valence-corrected chi connectivity index (χ4v) is 3.90. The van der Waals surface area contributed by atoms with E-state index < -0.39 is 0 Å². The average molecular weight is 318 g/mol. The van der Waals surface area contributed by atoms with Crippen molar-refractivity contribution in [2.45, 2.75) is 44.2 Å². The van der Waals surface area contributed by atoms with Gasteiger partial charge in [0.2, 0.25) is 0 Å². The number of nitrogens with one attached hydrogen (secondary N) is 1. The first-order valence-corrected chi connectivity index (χ1v) is 7.94. The van der Waals surface area contributed by atoms with Crippen molar-refractivity contribution in [2.24, 2.45) is 0 Å². The molecule has 4 heteroatoms. The molecule has 0 bridgehead atoms. The number of hydrogen-bond acceptors (Lipinski definition) is 3. The topological polar surface area (TPSA) is 21.3 Å². The van der Waals surface area contributed by atoms with E-state index in [1.54, 1.807) is 0 Å². The third-order valence-electron chi connectivity index (χ3n) is 3.34. The van der Waals surface area contributed by atoms with Crippen molar-refractivity contribution in [3.63, 3.8) is 0 Å². The van der Waals surface area contributed by atoms with E-state index in [2.05, 4.69) is 33.4 Å². The van der Waals surface area contributed by atoms with Crippen LogP contribution in [-0.2, 0) is 4.74 Å². The monoisotopic (exact) mass is 317 g/mol. The van der Waals surface area contributed by atoms with Crippen LogP contribution in [0.15, 0.2) is 15.9 Å². The summed E-state index contributed by atoms with van der Waals surface area (Å²) in [6.45, 7) is 0.958. The van der Waals surface area contributed by atoms with Crippen LogP contribution in [0.1, 0.15) is 43.0 Å². The Morgan fingerprint density at radius 2 is 2.41 bits per heavy atom. The highest BCUT2D eigenvalue weighted by atomic mass is 79.9. The Balaban J connectivity index is 1.82. The van der Waals surface area contributed by atoms with Gasteiger partial charge in [-0.15, -0.1) is 11.3 Å². The molecule has 1 aromatic rings. The first-order chi connectivity index (χ1) is 8.29. The maximum Gasteiger partial charge on any atom is 0.0701 e. The molecule has 2 nitrogen and oxygen atoms in total. The Morgan fingerprint density at radius 3 is 3.00 bits per heavy atom. The predicted octanol–water partition coefficient (Wildman–Crippen LogP) is 4.12. The van der Waals surface area contributed by atoms with Gasteiger partial charge in [-0.3, -0.25) is 0 Å². The average Bonchev–Trinajstić information content (AvgIpc) is 2.78. The highest BCUT2D eigenvalue weighted by molar-refractivity contribution is 9.11. The van der Waals surface area contributed by atoms with Gasteiger partial charge in [0.1, 0.15) is 0 Å². The molecule has 1 aromatic heterocycles. The third-order valence-corrected chi connectivity index (χ3v) is 5.07. The number of thiophene rings is 1. The molecule has 1 saturated heterocycles. The van der Waals surface area contributed by atoms with Gasteiger partial charge in [0.05, 0.1) is 9.89 Å². The van der Waals surface area contributed by atoms with Gasteiger partial charge in [0.25, 0.3) is 0 Å². The standard InChI is InChI=1S/C13H20BrNOS/c1-15-11(12-7-8-13(14)17-12)6-5-10-4-2-3-9-16-10/h7-8,10-11,15H,2-6,9H2,1H3. The summed E-state index contributed by atoms with van der Waals surface area (Å²) >= 11 is 5.34. The summed E-state index contributed by atoms with van der Waals surface area (Å²) < 4.78 is 6.99. The van der Waals surface area contributed by atoms with Crippen LogP contribution in [-0.4, -0.2) is 19.8 Å². The van der Waals surface area contributed by atoms with Crippen LogP contribution in [0.3, 0.4) is 0 Å². The van der Waals surface area contributed by atoms with Gasteiger partial charge in [-0.2, -0.15) is 0 Å². The smallest absolute Gasteiger partial charge is 0.0701 e. The zero-order valence-corrected chi connectivity index (χ0v) is 12.6. The van der Waals surface area contributed by atoms with Gasteiger partial charge in [0, 0.05) is 17.5 Å². The first-order valence-electron chi connectivity index (χ1n) is 6.33. The maximum atomic E-state index is 5.78. The van der Waals surface area contributed by atoms with Crippen molar-refractivity contribution in [3.8, 4) is 0 Å². The van der Waals surface area contributed by atoms with Crippen molar-refractivity contribution in [1.82, 2.24) is 5.32 Å². The molecule has 96 valence electrons. The minimum absolute atomic E-state index is 0.469. The Kier molecular flexibility index (Phi) is 5.48. The van der Waals surface area contributed by atoms with Crippen LogP contribution in [0.25, 0.3) is 0 Å². The zero-order chi connectivity index (χ0) is 12.1. The van der Waals surface area contributed by atoms with Crippen molar-refractivity contribution in [1.29, 1.82) is 0 Å². The molecule has 2 rings (SSSR count). The summed E-state index contributed by atoms with van der Waals surface area (Å²) in [5, 5.41) is 3.41. The molecule has 1 fully saturated rings. The van der Waals surface area contributed by atoms with Crippen molar-refractivity contribution in [2.75, 3.05) is 13.7 Å². The van der Waals surface area contributed by atoms with Crippen LogP contribution < -0.4 is 5.32 Å². The summed E-state index contributed by atoms with van der Waals surface area (Å²) in [6.07, 6.45) is 6.63. The Labute approximate surface area is 116 Å². The fourth-order valence-electron chi connectivity index (χ4n) is 2.33. The molecule has 0 aromatic carbocycles. The largest absolute Gasteiger partial charge is 0.378 e. The van der Waals surface area contributed by atoms with E-state index in [1.165, 1.54) is 34.3 Å². The van der Waals surface area contributed by atoms with Crippen LogP contribution in [0.5, 0.6) is 0 Å². The minimum Gasteiger partial charge on any atom is -0.378 e. The van der Waals surface area contributed by atoms with Crippen molar-refractivity contribution >= 4 is 27.3 Å². The molecule has 0 radical (unpaired) electrons. The van der Waals surface area contributed by atoms with E-state index in [0.717, 1.165) is 13.0 Å². The highest BCUT2D eigenvalue weighted by Crippen LogP contribution is 2.30. The molecule has 2 heterocycles. The Hall–Kier alpha value is 0.1000. The second-order valence-electron chi connectivity index (χ2n) is 4.55. The van der Waals surface area contributed by atoms with Gasteiger partial charge < -0.3 is 10.1 Å². The SMILES string of the molecule is CNC(CCC1CCCCO1)c1ccc(Br)s1. The molecular formula is C13H20BrNOS. The normalized spacial score (nSPS) is 22.6. The van der Waals surface area contributed by atoms with Gasteiger partial charge in [0.15, 0.2) is 0 Å². The van der Waals surface area contributed by atoms with E-state index in [9.17, 15) is 0 Å². The molecular weight excluding hydrogens is 298 g/mol. The first kappa shape index (κ1) is 13.5. The van der Waals surface area contributed by atoms with Crippen LogP contribution in [0.4, 0.5) is 0 Å². The summed E-state index contributed by atoms with van der Waals surface area (Å²) in [4.78, 5) is 1.41. The highest BCUT2D eigenvalue weighted by Gasteiger charge is 2.17. The molecule has 1 aliphatic rings. The predicted molar refractivity (Wildman–Crippen MR) is 76.6 cm³/mol. The summed E-state index contributed by atoms with van der Waals surface area (Å²) in [5.74, 6) is 0. The van der Waals surface area contributed by atoms with Gasteiger partial charge >= 0.3 is 0 Å². The fraction of sp³-hybridized carbons (Fsp3) is 0.692. The lowest BCUT2D eigenvalue weighted by Crippen LogP contribution is -2.22. The van der Waals surface area contributed by atoms with Crippen LogP contribution >= 0.6 is 27.3 Å². The summed E-state index contributed by atoms with van der Waals surface area (Å²) in [5.41, 5.74) is 0. The Morgan fingerprint density at radius 1 is 1.53 bits per heavy atom. The van der Waals surface area contributed by atoms with Crippen molar-refractivity contribution in [3.05, 3.63) is 20.8 Å². The third kappa shape index (κ3) is 4.05. The van der Waals surface area contributed by atoms with E-state index in [1.807, 2.05) is 18.4 Å². The van der Waals surface area contributed by atoms with Gasteiger partial charge in [-0.05, 0) is 67.2 Å². The number of rotatable bonds is 5. The lowest BCUT2D eigenvalue weighted by molar-refractivity contribution is 0.00871. The second kappa shape index (κ2) is 6.88. The van der Waals surface area contributed by atoms with Crippen LogP contribution in [0.2, 0.25) is 0 Å². The van der Waals surface area contributed by atoms with E-state index >= 15 is 0 Å². The molecule has 1 N–H and O–H groups in total. The van der Waals surface area contributed by atoms with Crippen LogP contribution in [0, 0.1) is 0 Å². The molecule has 0 spiro atoms. The molecule has 0 amide bonds. The number of halogens is 1. The minimum atomic E-state index is 0.469. The molecule has 2 atom stereocenters. The molecule has 0 aliphatic carbocycles. The van der Waals surface area contributed by atoms with Gasteiger partial charge in [-0.25, -0.2) is 0 Å².